The number of rotatable bonds is 3. The van der Waals surface area contributed by atoms with Crippen LogP contribution in [-0.4, -0.2) is 50.5 Å². The van der Waals surface area contributed by atoms with Crippen LogP contribution in [0.1, 0.15) is 54.4 Å². The molecule has 4 aliphatic carbocycles. The minimum absolute atomic E-state index is 0.00993. The molecule has 0 saturated heterocycles. The van der Waals surface area contributed by atoms with Gasteiger partial charge in [-0.15, -0.1) is 0 Å². The predicted octanol–water partition coefficient (Wildman–Crippen LogP) is 2.48. The van der Waals surface area contributed by atoms with E-state index in [4.69, 9.17) is 4.74 Å². The molecule has 3 N–H and O–H groups in total. The molecule has 31 heavy (non-hydrogen) atoms. The minimum atomic E-state index is -1.77. The largest absolute Gasteiger partial charge is 0.455 e. The van der Waals surface area contributed by atoms with Crippen molar-refractivity contribution in [3.63, 3.8) is 0 Å². The molecule has 2 saturated carbocycles. The van der Waals surface area contributed by atoms with Crippen molar-refractivity contribution in [3.8, 4) is 0 Å². The van der Waals surface area contributed by atoms with Gasteiger partial charge in [0.1, 0.15) is 11.2 Å². The van der Waals surface area contributed by atoms with Gasteiger partial charge in [-0.05, 0) is 44.3 Å². The van der Waals surface area contributed by atoms with E-state index < -0.39 is 34.1 Å². The predicted molar refractivity (Wildman–Crippen MR) is 115 cm³/mol. The summed E-state index contributed by atoms with van der Waals surface area (Å²) in [6.45, 7) is 10.9. The maximum absolute atomic E-state index is 12.9. The Kier molecular flexibility index (Phi) is 4.79. The average Bonchev–Trinajstić information content (AvgIpc) is 3.11. The molecule has 0 bridgehead atoms. The van der Waals surface area contributed by atoms with Gasteiger partial charge in [0.25, 0.3) is 0 Å². The summed E-state index contributed by atoms with van der Waals surface area (Å²) in [4.78, 5) is 25.6. The topological polar surface area (TPSA) is 104 Å². The van der Waals surface area contributed by atoms with Gasteiger partial charge in [-0.2, -0.15) is 0 Å². The van der Waals surface area contributed by atoms with Crippen molar-refractivity contribution in [2.24, 2.45) is 29.1 Å². The summed E-state index contributed by atoms with van der Waals surface area (Å²) in [5.74, 6) is -2.55. The molecule has 0 aliphatic heterocycles. The number of allylic oxidation sites excluding steroid dienone is 1. The first-order valence-corrected chi connectivity index (χ1v) is 11.2. The molecule has 1 unspecified atom stereocenters. The monoisotopic (exact) mass is 430 g/mol. The fraction of sp³-hybridized carbons (Fsp3) is 0.680. The Labute approximate surface area is 183 Å². The molecule has 7 atom stereocenters. The molecule has 170 valence electrons. The fourth-order valence-electron chi connectivity index (χ4n) is 6.96. The summed E-state index contributed by atoms with van der Waals surface area (Å²) < 4.78 is 6.12. The summed E-state index contributed by atoms with van der Waals surface area (Å²) in [7, 11) is 0. The molecule has 4 aliphatic rings. The maximum Gasteiger partial charge on any atom is 0.333 e. The molecule has 2 fully saturated rings. The fourth-order valence-corrected chi connectivity index (χ4v) is 6.96. The average molecular weight is 431 g/mol. The lowest BCUT2D eigenvalue weighted by Crippen LogP contribution is -2.61. The summed E-state index contributed by atoms with van der Waals surface area (Å²) in [6, 6.07) is 0. The van der Waals surface area contributed by atoms with Crippen molar-refractivity contribution in [1.82, 2.24) is 0 Å². The van der Waals surface area contributed by atoms with Crippen LogP contribution in [0.4, 0.5) is 0 Å². The third-order valence-corrected chi connectivity index (χ3v) is 8.90. The summed E-state index contributed by atoms with van der Waals surface area (Å²) in [5.41, 5.74) is -2.81. The second-order valence-electron chi connectivity index (χ2n) is 10.7. The first-order valence-electron chi connectivity index (χ1n) is 11.2. The molecule has 6 nitrogen and oxygen atoms in total. The van der Waals surface area contributed by atoms with Gasteiger partial charge in [-0.3, -0.25) is 4.79 Å². The van der Waals surface area contributed by atoms with E-state index >= 15 is 0 Å². The van der Waals surface area contributed by atoms with Crippen LogP contribution in [0.3, 0.4) is 0 Å². The summed E-state index contributed by atoms with van der Waals surface area (Å²) in [5, 5.41) is 33.7. The second kappa shape index (κ2) is 6.63. The zero-order valence-corrected chi connectivity index (χ0v) is 19.2. The number of carbonyl (C=O) groups is 2. The number of esters is 1. The Balaban J connectivity index is 1.85. The number of carbonyl (C=O) groups excluding carboxylic acids is 2. The molecule has 0 heterocycles. The van der Waals surface area contributed by atoms with E-state index in [9.17, 15) is 24.9 Å². The Morgan fingerprint density at radius 3 is 2.52 bits per heavy atom. The number of fused-ring (bicyclic) bond motifs is 5. The van der Waals surface area contributed by atoms with Gasteiger partial charge in [0.15, 0.2) is 5.78 Å². The standard InChI is InChI=1S/C25H34O6/c1-7-13(2)21(28)31-24-10-15(4)25(30)17(19(24)22(24,5)6)9-16(12-26)11-23(29)18(25)8-14(3)20(23)27/h7-9,15,17-19,26,29-30H,10-12H2,1-6H3/b13-7-/t15-,17?,18-,19-,23-,24+,25-/m1/s1. The van der Waals surface area contributed by atoms with Crippen molar-refractivity contribution in [2.45, 2.75) is 71.2 Å². The number of ketones is 1. The van der Waals surface area contributed by atoms with Crippen LogP contribution < -0.4 is 0 Å². The van der Waals surface area contributed by atoms with Crippen LogP contribution in [0.15, 0.2) is 34.9 Å². The lowest BCUT2D eigenvalue weighted by atomic mass is 9.60. The van der Waals surface area contributed by atoms with Crippen molar-refractivity contribution < 1.29 is 29.6 Å². The smallest absolute Gasteiger partial charge is 0.333 e. The van der Waals surface area contributed by atoms with Crippen LogP contribution in [0.5, 0.6) is 0 Å². The lowest BCUT2D eigenvalue weighted by molar-refractivity contribution is -0.185. The maximum atomic E-state index is 12.9. The van der Waals surface area contributed by atoms with Gasteiger partial charge in [-0.25, -0.2) is 4.79 Å². The van der Waals surface area contributed by atoms with E-state index in [0.717, 1.165) is 0 Å². The zero-order valence-electron chi connectivity index (χ0n) is 19.2. The van der Waals surface area contributed by atoms with Crippen LogP contribution in [-0.2, 0) is 14.3 Å². The lowest BCUT2D eigenvalue weighted by Gasteiger charge is -2.50. The first-order chi connectivity index (χ1) is 14.3. The normalized spacial score (nSPS) is 45.6. The molecule has 0 aromatic carbocycles. The van der Waals surface area contributed by atoms with Crippen molar-refractivity contribution in [1.29, 1.82) is 0 Å². The van der Waals surface area contributed by atoms with E-state index in [1.807, 2.05) is 26.8 Å². The van der Waals surface area contributed by atoms with Gasteiger partial charge in [-0.1, -0.05) is 39.0 Å². The van der Waals surface area contributed by atoms with Crippen LogP contribution in [0.25, 0.3) is 0 Å². The zero-order chi connectivity index (χ0) is 23.1. The molecular weight excluding hydrogens is 396 g/mol. The summed E-state index contributed by atoms with van der Waals surface area (Å²) in [6.07, 6.45) is 5.70. The van der Waals surface area contributed by atoms with Crippen LogP contribution in [0, 0.1) is 29.1 Å². The summed E-state index contributed by atoms with van der Waals surface area (Å²) >= 11 is 0. The van der Waals surface area contributed by atoms with Crippen LogP contribution >= 0.6 is 0 Å². The third kappa shape index (κ3) is 2.61. The van der Waals surface area contributed by atoms with Crippen molar-refractivity contribution in [2.75, 3.05) is 6.61 Å². The highest BCUT2D eigenvalue weighted by Gasteiger charge is 2.83. The number of hydrogen-bond acceptors (Lipinski definition) is 6. The third-order valence-electron chi connectivity index (χ3n) is 8.90. The van der Waals surface area contributed by atoms with Gasteiger partial charge < -0.3 is 20.1 Å². The number of ether oxygens (including phenoxy) is 1. The number of Topliss-reactive ketones (excluding diaryl/α,β-unsaturated/α-hetero) is 1. The molecular formula is C25H34O6. The Morgan fingerprint density at radius 2 is 1.94 bits per heavy atom. The first kappa shape index (κ1) is 22.4. The van der Waals surface area contributed by atoms with Crippen molar-refractivity contribution >= 4 is 11.8 Å². The minimum Gasteiger partial charge on any atom is -0.455 e. The molecule has 0 amide bonds. The van der Waals surface area contributed by atoms with Crippen molar-refractivity contribution in [3.05, 3.63) is 34.9 Å². The van der Waals surface area contributed by atoms with E-state index in [1.165, 1.54) is 0 Å². The van der Waals surface area contributed by atoms with E-state index in [1.54, 1.807) is 32.9 Å². The SMILES string of the molecule is C/C=C(/C)C(=O)O[C@@]12C[C@@H](C)[C@@]3(O)C(C=C(CO)C[C@]4(O)C(=O)C(C)=C[C@@H]34)[C@@H]1C2(C)C. The molecule has 0 aromatic rings. The Hall–Kier alpha value is -1.76. The molecule has 6 heteroatoms. The number of aliphatic hydroxyl groups excluding tert-OH is 1. The molecule has 4 rings (SSSR count). The Bertz CT molecular complexity index is 942. The number of hydrogen-bond donors (Lipinski definition) is 3. The quantitative estimate of drug-likeness (QED) is 0.361. The highest BCUT2D eigenvalue weighted by molar-refractivity contribution is 6.04. The van der Waals surface area contributed by atoms with E-state index in [-0.39, 0.29) is 36.6 Å². The molecule has 0 aromatic heterocycles. The highest BCUT2D eigenvalue weighted by Crippen LogP contribution is 2.76. The molecule has 0 spiro atoms. The Morgan fingerprint density at radius 1 is 1.29 bits per heavy atom. The van der Waals surface area contributed by atoms with E-state index in [2.05, 4.69) is 0 Å². The van der Waals surface area contributed by atoms with E-state index in [0.29, 0.717) is 23.1 Å². The van der Waals surface area contributed by atoms with Gasteiger partial charge in [0.05, 0.1) is 12.2 Å². The van der Waals surface area contributed by atoms with Gasteiger partial charge in [0.2, 0.25) is 0 Å². The molecule has 0 radical (unpaired) electrons. The van der Waals surface area contributed by atoms with Gasteiger partial charge >= 0.3 is 5.97 Å². The van der Waals surface area contributed by atoms with Gasteiger partial charge in [0, 0.05) is 35.2 Å². The number of aliphatic hydroxyl groups is 3. The van der Waals surface area contributed by atoms with Crippen LogP contribution in [0.2, 0.25) is 0 Å². The highest BCUT2D eigenvalue weighted by atomic mass is 16.6. The second-order valence-corrected chi connectivity index (χ2v) is 10.7.